The average Bonchev–Trinajstić information content (AvgIpc) is 3.48. The highest BCUT2D eigenvalue weighted by atomic mass is 35.5. The number of aromatic nitrogens is 2. The minimum absolute atomic E-state index is 0.0871. The summed E-state index contributed by atoms with van der Waals surface area (Å²) in [6, 6.07) is 5.63. The highest BCUT2D eigenvalue weighted by molar-refractivity contribution is 6.33. The molecule has 3 aliphatic rings. The average molecular weight is 484 g/mol. The molecule has 5 rings (SSSR count). The number of amides is 2. The smallest absolute Gasteiger partial charge is 0.255 e. The highest BCUT2D eigenvalue weighted by Crippen LogP contribution is 2.32. The van der Waals surface area contributed by atoms with Gasteiger partial charge in [0.2, 0.25) is 11.9 Å². The van der Waals surface area contributed by atoms with E-state index >= 15 is 0 Å². The second-order valence-corrected chi connectivity index (χ2v) is 9.80. The van der Waals surface area contributed by atoms with Gasteiger partial charge in [0.05, 0.1) is 16.9 Å². The summed E-state index contributed by atoms with van der Waals surface area (Å²) in [5, 5.41) is 6.89. The van der Waals surface area contributed by atoms with Gasteiger partial charge in [0.1, 0.15) is 6.04 Å². The van der Waals surface area contributed by atoms with Crippen molar-refractivity contribution in [1.29, 1.82) is 0 Å². The molecule has 9 heteroatoms. The third-order valence-electron chi connectivity index (χ3n) is 7.06. The quantitative estimate of drug-likeness (QED) is 0.649. The molecule has 2 fully saturated rings. The maximum atomic E-state index is 13.2. The van der Waals surface area contributed by atoms with E-state index in [0.29, 0.717) is 28.8 Å². The Kier molecular flexibility index (Phi) is 6.70. The van der Waals surface area contributed by atoms with Gasteiger partial charge in [-0.2, -0.15) is 0 Å². The number of benzene rings is 1. The monoisotopic (exact) mass is 483 g/mol. The maximum absolute atomic E-state index is 13.2. The number of carbonyl (C=O) groups is 2. The molecule has 0 bridgehead atoms. The van der Waals surface area contributed by atoms with Gasteiger partial charge in [0.25, 0.3) is 5.91 Å². The fourth-order valence-electron chi connectivity index (χ4n) is 4.98. The summed E-state index contributed by atoms with van der Waals surface area (Å²) in [7, 11) is 0. The van der Waals surface area contributed by atoms with Gasteiger partial charge in [0.15, 0.2) is 0 Å². The normalized spacial score (nSPS) is 19.8. The van der Waals surface area contributed by atoms with Crippen molar-refractivity contribution in [2.45, 2.75) is 70.1 Å². The lowest BCUT2D eigenvalue weighted by atomic mass is 10.0. The Labute approximate surface area is 204 Å². The summed E-state index contributed by atoms with van der Waals surface area (Å²) < 4.78 is 5.41. The van der Waals surface area contributed by atoms with Crippen LogP contribution < -0.4 is 10.6 Å². The van der Waals surface area contributed by atoms with Crippen LogP contribution in [0.15, 0.2) is 24.4 Å². The van der Waals surface area contributed by atoms with E-state index in [1.807, 2.05) is 18.2 Å². The summed E-state index contributed by atoms with van der Waals surface area (Å²) in [5.41, 5.74) is 2.82. The van der Waals surface area contributed by atoms with Crippen LogP contribution in [0.2, 0.25) is 5.02 Å². The Hall–Kier alpha value is -2.71. The molecule has 0 spiro atoms. The first-order chi connectivity index (χ1) is 16.5. The van der Waals surface area contributed by atoms with Crippen LogP contribution in [0.3, 0.4) is 0 Å². The molecule has 0 radical (unpaired) electrons. The van der Waals surface area contributed by atoms with Gasteiger partial charge >= 0.3 is 0 Å². The fourth-order valence-corrected chi connectivity index (χ4v) is 5.18. The third kappa shape index (κ3) is 4.74. The number of hydrogen-bond acceptors (Lipinski definition) is 6. The van der Waals surface area contributed by atoms with Crippen LogP contribution in [0.4, 0.5) is 5.95 Å². The lowest BCUT2D eigenvalue weighted by molar-refractivity contribution is -0.125. The first-order valence-corrected chi connectivity index (χ1v) is 12.5. The number of anilines is 1. The second-order valence-electron chi connectivity index (χ2n) is 9.39. The molecule has 1 saturated carbocycles. The van der Waals surface area contributed by atoms with E-state index in [0.717, 1.165) is 62.9 Å². The topological polar surface area (TPSA) is 96.5 Å². The zero-order valence-corrected chi connectivity index (χ0v) is 20.1. The Morgan fingerprint density at radius 1 is 1.18 bits per heavy atom. The lowest BCUT2D eigenvalue weighted by Crippen LogP contribution is -2.47. The summed E-state index contributed by atoms with van der Waals surface area (Å²) in [6.45, 7) is 3.66. The van der Waals surface area contributed by atoms with Gasteiger partial charge in [-0.3, -0.25) is 9.59 Å². The lowest BCUT2D eigenvalue weighted by Gasteiger charge is -2.25. The van der Waals surface area contributed by atoms with Crippen LogP contribution in [0, 0.1) is 0 Å². The molecular weight excluding hydrogens is 454 g/mol. The molecule has 34 heavy (non-hydrogen) atoms. The molecule has 1 saturated heterocycles. The summed E-state index contributed by atoms with van der Waals surface area (Å²) in [5.74, 6) is 0.282. The Balaban J connectivity index is 1.32. The number of hydrogen-bond donors (Lipinski definition) is 2. The molecular formula is C25H30ClN5O3. The van der Waals surface area contributed by atoms with Crippen molar-refractivity contribution in [3.8, 4) is 11.3 Å². The van der Waals surface area contributed by atoms with Crippen LogP contribution in [0.1, 0.15) is 61.4 Å². The van der Waals surface area contributed by atoms with Gasteiger partial charge in [0, 0.05) is 43.0 Å². The van der Waals surface area contributed by atoms with E-state index in [9.17, 15) is 9.59 Å². The Morgan fingerprint density at radius 3 is 2.71 bits per heavy atom. The van der Waals surface area contributed by atoms with Gasteiger partial charge in [-0.15, -0.1) is 0 Å². The fraction of sp³-hybridized carbons (Fsp3) is 0.520. The van der Waals surface area contributed by atoms with Crippen LogP contribution in [0.5, 0.6) is 0 Å². The molecule has 2 aromatic rings. The van der Waals surface area contributed by atoms with E-state index in [-0.39, 0.29) is 23.9 Å². The predicted octanol–water partition coefficient (Wildman–Crippen LogP) is 3.79. The molecule has 1 aromatic heterocycles. The molecule has 1 aliphatic carbocycles. The maximum Gasteiger partial charge on any atom is 0.255 e. The predicted molar refractivity (Wildman–Crippen MR) is 130 cm³/mol. The minimum Gasteiger partial charge on any atom is -0.381 e. The third-order valence-corrected chi connectivity index (χ3v) is 7.34. The molecule has 2 N–H and O–H groups in total. The van der Waals surface area contributed by atoms with Crippen molar-refractivity contribution in [1.82, 2.24) is 20.2 Å². The molecule has 1 unspecified atom stereocenters. The van der Waals surface area contributed by atoms with Crippen LogP contribution in [-0.4, -0.2) is 58.0 Å². The SMILES string of the molecule is CC(C(=O)NC1CCCC1)N1Cc2ccc(-c3nc(NC4CCOCC4)ncc3Cl)cc2C1=O. The Morgan fingerprint density at radius 2 is 1.94 bits per heavy atom. The number of nitrogens with one attached hydrogen (secondary N) is 2. The number of fused-ring (bicyclic) bond motifs is 1. The zero-order valence-electron chi connectivity index (χ0n) is 19.3. The van der Waals surface area contributed by atoms with Gasteiger partial charge in [-0.25, -0.2) is 9.97 Å². The van der Waals surface area contributed by atoms with Crippen LogP contribution in [0.25, 0.3) is 11.3 Å². The van der Waals surface area contributed by atoms with E-state index < -0.39 is 6.04 Å². The number of nitrogens with zero attached hydrogens (tertiary/aromatic N) is 3. The molecule has 180 valence electrons. The first kappa shape index (κ1) is 23.1. The number of carbonyl (C=O) groups excluding carboxylic acids is 2. The van der Waals surface area contributed by atoms with Crippen molar-refractivity contribution >= 4 is 29.4 Å². The van der Waals surface area contributed by atoms with E-state index in [1.54, 1.807) is 18.0 Å². The van der Waals surface area contributed by atoms with E-state index in [4.69, 9.17) is 16.3 Å². The number of halogens is 1. The van der Waals surface area contributed by atoms with Gasteiger partial charge in [-0.1, -0.05) is 36.6 Å². The summed E-state index contributed by atoms with van der Waals surface area (Å²) in [4.78, 5) is 36.6. The standard InChI is InChI=1S/C25H30ClN5O3/c1-15(23(32)28-18-4-2-3-5-18)31-14-17-7-6-16(12-20(17)24(31)33)22-21(26)13-27-25(30-22)29-19-8-10-34-11-9-19/h6-7,12-13,15,18-19H,2-5,8-11,14H2,1H3,(H,28,32)(H,27,29,30). The van der Waals surface area contributed by atoms with E-state index in [2.05, 4.69) is 20.6 Å². The summed E-state index contributed by atoms with van der Waals surface area (Å²) >= 11 is 6.44. The summed E-state index contributed by atoms with van der Waals surface area (Å²) in [6.07, 6.45) is 7.71. The highest BCUT2D eigenvalue weighted by Gasteiger charge is 2.35. The molecule has 2 amide bonds. The van der Waals surface area contributed by atoms with Crippen LogP contribution in [-0.2, 0) is 16.1 Å². The van der Waals surface area contributed by atoms with Crippen molar-refractivity contribution in [2.24, 2.45) is 0 Å². The zero-order chi connectivity index (χ0) is 23.7. The Bertz CT molecular complexity index is 1080. The molecule has 8 nitrogen and oxygen atoms in total. The van der Waals surface area contributed by atoms with Crippen molar-refractivity contribution in [2.75, 3.05) is 18.5 Å². The second kappa shape index (κ2) is 9.88. The van der Waals surface area contributed by atoms with Crippen molar-refractivity contribution < 1.29 is 14.3 Å². The van der Waals surface area contributed by atoms with Gasteiger partial charge in [-0.05, 0) is 44.2 Å². The van der Waals surface area contributed by atoms with E-state index in [1.165, 1.54) is 0 Å². The molecule has 2 aliphatic heterocycles. The molecule has 1 atom stereocenters. The van der Waals surface area contributed by atoms with Crippen molar-refractivity contribution in [3.05, 3.63) is 40.5 Å². The number of rotatable bonds is 6. The van der Waals surface area contributed by atoms with Crippen molar-refractivity contribution in [3.63, 3.8) is 0 Å². The van der Waals surface area contributed by atoms with Gasteiger partial charge < -0.3 is 20.3 Å². The largest absolute Gasteiger partial charge is 0.381 e. The van der Waals surface area contributed by atoms with Crippen LogP contribution >= 0.6 is 11.6 Å². The minimum atomic E-state index is -0.526. The number of ether oxygens (including phenoxy) is 1. The first-order valence-electron chi connectivity index (χ1n) is 12.1. The molecule has 1 aromatic carbocycles. The molecule has 3 heterocycles.